The number of hydrogen-bond acceptors (Lipinski definition) is 4. The van der Waals surface area contributed by atoms with E-state index in [1.165, 1.54) is 0 Å². The lowest BCUT2D eigenvalue weighted by molar-refractivity contribution is -0.119. The molecule has 39 heavy (non-hydrogen) atoms. The number of hydrogen-bond donors (Lipinski definition) is 1. The predicted octanol–water partition coefficient (Wildman–Crippen LogP) is 7.28. The maximum Gasteiger partial charge on any atom is 0.339 e. The zero-order valence-electron chi connectivity index (χ0n) is 22.8. The summed E-state index contributed by atoms with van der Waals surface area (Å²) in [4.78, 5) is 31.6. The van der Waals surface area contributed by atoms with Gasteiger partial charge >= 0.3 is 5.97 Å². The van der Waals surface area contributed by atoms with E-state index in [0.29, 0.717) is 11.5 Å². The van der Waals surface area contributed by atoms with Gasteiger partial charge in [0.2, 0.25) is 0 Å². The highest BCUT2D eigenvalue weighted by molar-refractivity contribution is 6.07. The van der Waals surface area contributed by atoms with Crippen molar-refractivity contribution in [2.45, 2.75) is 46.5 Å². The first kappa shape index (κ1) is 26.4. The van der Waals surface area contributed by atoms with Crippen LogP contribution in [0.4, 0.5) is 5.69 Å². The summed E-state index contributed by atoms with van der Waals surface area (Å²) >= 11 is 0. The summed E-state index contributed by atoms with van der Waals surface area (Å²) in [5.74, 6) is -0.500. The fourth-order valence-electron chi connectivity index (χ4n) is 5.50. The molecule has 0 fully saturated rings. The van der Waals surface area contributed by atoms with Crippen molar-refractivity contribution in [1.29, 1.82) is 0 Å². The molecule has 1 atom stereocenters. The Morgan fingerprint density at radius 3 is 2.33 bits per heavy atom. The van der Waals surface area contributed by atoms with Crippen molar-refractivity contribution in [2.24, 2.45) is 5.92 Å². The van der Waals surface area contributed by atoms with Crippen LogP contribution >= 0.6 is 0 Å². The van der Waals surface area contributed by atoms with Crippen LogP contribution in [0.3, 0.4) is 0 Å². The highest BCUT2D eigenvalue weighted by Gasteiger charge is 2.29. The Morgan fingerprint density at radius 1 is 0.923 bits per heavy atom. The minimum absolute atomic E-state index is 0.336. The minimum Gasteiger partial charge on any atom is -0.452 e. The Kier molecular flexibility index (Phi) is 7.87. The average molecular weight is 519 g/mol. The number of aryl methyl sites for hydroxylation is 2. The first-order chi connectivity index (χ1) is 19.0. The molecule has 4 aromatic rings. The van der Waals surface area contributed by atoms with Gasteiger partial charge < -0.3 is 10.1 Å². The molecule has 1 aromatic heterocycles. The number of carbonyl (C=O) groups is 2. The molecule has 0 aliphatic heterocycles. The minimum atomic E-state index is -0.493. The lowest BCUT2D eigenvalue weighted by atomic mass is 9.80. The summed E-state index contributed by atoms with van der Waals surface area (Å²) in [6.45, 7) is 5.96. The number of benzene rings is 3. The maximum absolute atomic E-state index is 13.7. The second-order valence-electron chi connectivity index (χ2n) is 10.2. The molecule has 198 valence electrons. The van der Waals surface area contributed by atoms with Crippen LogP contribution in [0.15, 0.2) is 72.8 Å². The molecule has 0 saturated heterocycles. The Bertz CT molecular complexity index is 1530. The second kappa shape index (κ2) is 11.6. The number of rotatable bonds is 7. The van der Waals surface area contributed by atoms with Gasteiger partial charge in [-0.15, -0.1) is 0 Å². The average Bonchev–Trinajstić information content (AvgIpc) is 2.95. The summed E-state index contributed by atoms with van der Waals surface area (Å²) in [5.41, 5.74) is 8.14. The summed E-state index contributed by atoms with van der Waals surface area (Å²) < 4.78 is 5.67. The van der Waals surface area contributed by atoms with Gasteiger partial charge in [-0.2, -0.15) is 0 Å². The van der Waals surface area contributed by atoms with Crippen LogP contribution in [-0.4, -0.2) is 23.5 Å². The first-order valence-corrected chi connectivity index (χ1v) is 13.7. The fourth-order valence-corrected chi connectivity index (χ4v) is 5.50. The smallest absolute Gasteiger partial charge is 0.339 e. The highest BCUT2D eigenvalue weighted by Crippen LogP contribution is 2.38. The number of esters is 1. The van der Waals surface area contributed by atoms with E-state index >= 15 is 0 Å². The Morgan fingerprint density at radius 2 is 1.62 bits per heavy atom. The summed E-state index contributed by atoms with van der Waals surface area (Å²) in [7, 11) is 0. The fraction of sp³-hybridized carbons (Fsp3) is 0.265. The molecule has 0 unspecified atom stereocenters. The van der Waals surface area contributed by atoms with Gasteiger partial charge in [0.1, 0.15) is 0 Å². The predicted molar refractivity (Wildman–Crippen MR) is 158 cm³/mol. The van der Waals surface area contributed by atoms with Crippen LogP contribution in [0, 0.1) is 5.92 Å². The highest BCUT2D eigenvalue weighted by atomic mass is 16.5. The molecule has 0 bridgehead atoms. The van der Waals surface area contributed by atoms with E-state index in [4.69, 9.17) is 9.72 Å². The number of ether oxygens (including phenoxy) is 1. The van der Waals surface area contributed by atoms with Gasteiger partial charge in [-0.25, -0.2) is 9.78 Å². The van der Waals surface area contributed by atoms with Gasteiger partial charge in [-0.1, -0.05) is 87.5 Å². The molecule has 5 heteroatoms. The third-order valence-electron chi connectivity index (χ3n) is 7.36. The Labute approximate surface area is 229 Å². The molecule has 5 nitrogen and oxygen atoms in total. The van der Waals surface area contributed by atoms with Gasteiger partial charge in [0.15, 0.2) is 6.61 Å². The number of para-hydroxylation sites is 2. The molecule has 5 rings (SSSR count). The van der Waals surface area contributed by atoms with Gasteiger partial charge in [0, 0.05) is 11.1 Å². The summed E-state index contributed by atoms with van der Waals surface area (Å²) in [5, 5.41) is 3.74. The van der Waals surface area contributed by atoms with Crippen LogP contribution in [-0.2, 0) is 28.8 Å². The number of amides is 1. The molecule has 0 radical (unpaired) electrons. The van der Waals surface area contributed by atoms with Crippen LogP contribution in [0.5, 0.6) is 0 Å². The molecule has 1 amide bonds. The van der Waals surface area contributed by atoms with Gasteiger partial charge in [0.25, 0.3) is 5.91 Å². The lowest BCUT2D eigenvalue weighted by Gasteiger charge is -2.26. The molecular weight excluding hydrogens is 484 g/mol. The number of nitrogens with zero attached hydrogens (tertiary/aromatic N) is 1. The summed E-state index contributed by atoms with van der Waals surface area (Å²) in [6.07, 6.45) is 5.36. The SMILES string of the molecule is CCc1cccc(CC)c1NC(=O)COC(=O)c1c2c(nc3ccccc13)/C(=C\c1ccccc1)C[C@H](C)C2. The Hall–Kier alpha value is -4.25. The zero-order valence-corrected chi connectivity index (χ0v) is 22.8. The molecule has 0 saturated carbocycles. The van der Waals surface area contributed by atoms with E-state index in [2.05, 4.69) is 44.3 Å². The number of pyridine rings is 1. The largest absolute Gasteiger partial charge is 0.452 e. The lowest BCUT2D eigenvalue weighted by Crippen LogP contribution is -2.24. The maximum atomic E-state index is 13.7. The van der Waals surface area contributed by atoms with Crippen molar-refractivity contribution in [3.8, 4) is 0 Å². The molecule has 1 heterocycles. The number of allylic oxidation sites excluding steroid dienone is 1. The van der Waals surface area contributed by atoms with E-state index in [9.17, 15) is 9.59 Å². The normalized spacial score (nSPS) is 15.7. The molecule has 1 aliphatic rings. The quantitative estimate of drug-likeness (QED) is 0.261. The van der Waals surface area contributed by atoms with Crippen molar-refractivity contribution >= 4 is 40.1 Å². The van der Waals surface area contributed by atoms with Crippen molar-refractivity contribution in [1.82, 2.24) is 4.98 Å². The van der Waals surface area contributed by atoms with Crippen LogP contribution in [0.2, 0.25) is 0 Å². The van der Waals surface area contributed by atoms with Crippen molar-refractivity contribution in [3.05, 3.63) is 106 Å². The standard InChI is InChI=1S/C34H34N2O3/c1-4-24-14-11-15-25(5-2)32(24)36-30(37)21-39-34(38)31-27-16-9-10-17-29(27)35-33-26(18-22(3)19-28(31)33)20-23-12-7-6-8-13-23/h6-17,20,22H,4-5,18-19,21H2,1-3H3,(H,36,37)/b26-20-/t22-/m0/s1. The van der Waals surface area contributed by atoms with E-state index in [1.54, 1.807) is 0 Å². The van der Waals surface area contributed by atoms with E-state index in [1.807, 2.05) is 60.7 Å². The number of nitrogens with one attached hydrogen (secondary N) is 1. The topological polar surface area (TPSA) is 68.3 Å². The zero-order chi connectivity index (χ0) is 27.4. The van der Waals surface area contributed by atoms with Crippen molar-refractivity contribution in [3.63, 3.8) is 0 Å². The molecule has 1 aliphatic carbocycles. The number of carbonyl (C=O) groups excluding carboxylic acids is 2. The Balaban J connectivity index is 1.47. The van der Waals surface area contributed by atoms with Gasteiger partial charge in [0.05, 0.1) is 16.8 Å². The summed E-state index contributed by atoms with van der Waals surface area (Å²) in [6, 6.07) is 23.9. The third kappa shape index (κ3) is 5.63. The first-order valence-electron chi connectivity index (χ1n) is 13.7. The molecule has 1 N–H and O–H groups in total. The molecular formula is C34H34N2O3. The second-order valence-corrected chi connectivity index (χ2v) is 10.2. The van der Waals surface area contributed by atoms with E-state index < -0.39 is 5.97 Å². The molecule has 3 aromatic carbocycles. The van der Waals surface area contributed by atoms with Gasteiger partial charge in [-0.3, -0.25) is 4.79 Å². The molecule has 0 spiro atoms. The van der Waals surface area contributed by atoms with Crippen molar-refractivity contribution < 1.29 is 14.3 Å². The van der Waals surface area contributed by atoms with Gasteiger partial charge in [-0.05, 0) is 71.6 Å². The third-order valence-corrected chi connectivity index (χ3v) is 7.36. The van der Waals surface area contributed by atoms with E-state index in [-0.39, 0.29) is 12.5 Å². The number of anilines is 1. The monoisotopic (exact) mass is 518 g/mol. The number of fused-ring (bicyclic) bond motifs is 2. The van der Waals surface area contributed by atoms with E-state index in [0.717, 1.165) is 75.8 Å². The van der Waals surface area contributed by atoms with Crippen LogP contribution in [0.1, 0.15) is 65.5 Å². The van der Waals surface area contributed by atoms with Crippen LogP contribution < -0.4 is 5.32 Å². The van der Waals surface area contributed by atoms with Crippen LogP contribution in [0.25, 0.3) is 22.6 Å². The number of aromatic nitrogens is 1. The van der Waals surface area contributed by atoms with Crippen molar-refractivity contribution in [2.75, 3.05) is 11.9 Å².